The number of benzene rings is 2. The lowest BCUT2D eigenvalue weighted by Crippen LogP contribution is -2.11. The van der Waals surface area contributed by atoms with Gasteiger partial charge in [-0.3, -0.25) is 0 Å². The number of phenols is 4. The molecule has 0 aromatic heterocycles. The van der Waals surface area contributed by atoms with Crippen LogP contribution >= 0.6 is 0 Å². The van der Waals surface area contributed by atoms with E-state index >= 15 is 0 Å². The number of ether oxygens (including phenoxy) is 4. The Morgan fingerprint density at radius 3 is 1.25 bits per heavy atom. The molecule has 0 aliphatic carbocycles. The fourth-order valence-corrected chi connectivity index (χ4v) is 3.26. The van der Waals surface area contributed by atoms with E-state index in [0.29, 0.717) is 12.8 Å². The number of unbranched alkanes of at least 4 members (excludes halogenated alkanes) is 5. The molecule has 36 heavy (non-hydrogen) atoms. The highest BCUT2D eigenvalue weighted by Gasteiger charge is 2.07. The van der Waals surface area contributed by atoms with E-state index in [1.54, 1.807) is 12.1 Å². The van der Waals surface area contributed by atoms with Gasteiger partial charge in [0.15, 0.2) is 23.0 Å². The molecular weight excluding hydrogens is 472 g/mol. The number of phenolic OH excluding ortho intramolecular Hbond substituents is 4. The molecule has 0 amide bonds. The maximum Gasteiger partial charge on any atom is 0.508 e. The molecule has 0 atom stereocenters. The Hall–Kier alpha value is -3.82. The van der Waals surface area contributed by atoms with Crippen LogP contribution in [0.25, 0.3) is 0 Å². The molecule has 0 saturated carbocycles. The molecule has 0 unspecified atom stereocenters. The van der Waals surface area contributed by atoms with Crippen LogP contribution in [-0.4, -0.2) is 59.2 Å². The number of carbonyl (C=O) groups excluding carboxylic acids is 2. The lowest BCUT2D eigenvalue weighted by molar-refractivity contribution is 0.0532. The first-order valence-electron chi connectivity index (χ1n) is 12.0. The van der Waals surface area contributed by atoms with Crippen molar-refractivity contribution in [2.45, 2.75) is 51.4 Å². The fourth-order valence-electron chi connectivity index (χ4n) is 3.26. The third-order valence-corrected chi connectivity index (χ3v) is 5.28. The molecule has 0 saturated heterocycles. The Morgan fingerprint density at radius 1 is 0.500 bits per heavy atom. The third-order valence-electron chi connectivity index (χ3n) is 5.28. The van der Waals surface area contributed by atoms with E-state index in [1.165, 1.54) is 24.3 Å². The van der Waals surface area contributed by atoms with Crippen LogP contribution in [0.3, 0.4) is 0 Å². The molecule has 0 heterocycles. The highest BCUT2D eigenvalue weighted by molar-refractivity contribution is 5.60. The van der Waals surface area contributed by atoms with E-state index in [0.717, 1.165) is 49.7 Å². The van der Waals surface area contributed by atoms with E-state index in [2.05, 4.69) is 0 Å². The predicted molar refractivity (Wildman–Crippen MR) is 129 cm³/mol. The Morgan fingerprint density at radius 2 is 0.861 bits per heavy atom. The lowest BCUT2D eigenvalue weighted by atomic mass is 10.1. The van der Waals surface area contributed by atoms with Gasteiger partial charge in [0.2, 0.25) is 0 Å². The fraction of sp³-hybridized carbons (Fsp3) is 0.462. The van der Waals surface area contributed by atoms with Crippen molar-refractivity contribution < 1.29 is 49.0 Å². The average molecular weight is 507 g/mol. The Labute approximate surface area is 210 Å². The molecule has 2 aromatic carbocycles. The minimum Gasteiger partial charge on any atom is -0.504 e. The van der Waals surface area contributed by atoms with Crippen LogP contribution in [0.1, 0.15) is 49.7 Å². The Balaban J connectivity index is 1.36. The highest BCUT2D eigenvalue weighted by atomic mass is 16.7. The zero-order valence-electron chi connectivity index (χ0n) is 20.2. The van der Waals surface area contributed by atoms with Gasteiger partial charge in [-0.2, -0.15) is 0 Å². The van der Waals surface area contributed by atoms with Gasteiger partial charge >= 0.3 is 12.3 Å². The van der Waals surface area contributed by atoms with Crippen LogP contribution in [0.5, 0.6) is 23.0 Å². The van der Waals surface area contributed by atoms with Gasteiger partial charge in [0, 0.05) is 12.8 Å². The van der Waals surface area contributed by atoms with Crippen molar-refractivity contribution in [1.82, 2.24) is 0 Å². The van der Waals surface area contributed by atoms with Gasteiger partial charge in [-0.05, 0) is 48.2 Å². The summed E-state index contributed by atoms with van der Waals surface area (Å²) in [6, 6.07) is 8.85. The minimum atomic E-state index is -0.733. The molecule has 4 N–H and O–H groups in total. The first kappa shape index (κ1) is 28.4. The molecule has 0 bridgehead atoms. The second kappa shape index (κ2) is 16.0. The van der Waals surface area contributed by atoms with Crippen LogP contribution in [0.4, 0.5) is 9.59 Å². The monoisotopic (exact) mass is 506 g/mol. The van der Waals surface area contributed by atoms with Crippen LogP contribution < -0.4 is 0 Å². The van der Waals surface area contributed by atoms with E-state index < -0.39 is 12.3 Å². The summed E-state index contributed by atoms with van der Waals surface area (Å²) >= 11 is 0. The highest BCUT2D eigenvalue weighted by Crippen LogP contribution is 2.25. The van der Waals surface area contributed by atoms with Gasteiger partial charge < -0.3 is 39.4 Å². The third kappa shape index (κ3) is 11.5. The van der Waals surface area contributed by atoms with Crippen LogP contribution in [0, 0.1) is 0 Å². The summed E-state index contributed by atoms with van der Waals surface area (Å²) in [7, 11) is 0. The van der Waals surface area contributed by atoms with Crippen molar-refractivity contribution in [3.05, 3.63) is 47.5 Å². The number of carbonyl (C=O) groups is 2. The molecule has 2 rings (SSSR count). The maximum atomic E-state index is 11.6. The van der Waals surface area contributed by atoms with Crippen molar-refractivity contribution in [2.24, 2.45) is 0 Å². The predicted octanol–water partition coefficient (Wildman–Crippen LogP) is 4.94. The van der Waals surface area contributed by atoms with E-state index in [4.69, 9.17) is 18.9 Å². The number of aromatic hydroxyl groups is 4. The first-order valence-corrected chi connectivity index (χ1v) is 12.0. The summed E-state index contributed by atoms with van der Waals surface area (Å²) in [6.07, 6.45) is 4.51. The number of hydrogen-bond donors (Lipinski definition) is 4. The summed E-state index contributed by atoms with van der Waals surface area (Å²) in [5, 5.41) is 37.4. The number of hydrogen-bond acceptors (Lipinski definition) is 10. The molecule has 0 fully saturated rings. The van der Waals surface area contributed by atoms with Gasteiger partial charge in [0.05, 0.1) is 26.4 Å². The summed E-state index contributed by atoms with van der Waals surface area (Å²) in [6.45, 7) is 0.776. The quantitative estimate of drug-likeness (QED) is 0.148. The Kier molecular flexibility index (Phi) is 12.6. The topological polar surface area (TPSA) is 152 Å². The van der Waals surface area contributed by atoms with Crippen LogP contribution in [0.2, 0.25) is 0 Å². The first-order chi connectivity index (χ1) is 17.3. The summed E-state index contributed by atoms with van der Waals surface area (Å²) in [5.74, 6) is -0.831. The van der Waals surface area contributed by atoms with E-state index in [9.17, 15) is 30.0 Å². The zero-order chi connectivity index (χ0) is 26.2. The Bertz CT molecular complexity index is 882. The van der Waals surface area contributed by atoms with Crippen molar-refractivity contribution in [1.29, 1.82) is 0 Å². The normalized spacial score (nSPS) is 10.6. The second-order valence-corrected chi connectivity index (χ2v) is 8.16. The van der Waals surface area contributed by atoms with Crippen LogP contribution in [-0.2, 0) is 31.8 Å². The van der Waals surface area contributed by atoms with Gasteiger partial charge in [0.25, 0.3) is 0 Å². The largest absolute Gasteiger partial charge is 0.508 e. The maximum absolute atomic E-state index is 11.6. The summed E-state index contributed by atoms with van der Waals surface area (Å²) < 4.78 is 20.0. The van der Waals surface area contributed by atoms with Crippen molar-refractivity contribution in [2.75, 3.05) is 26.4 Å². The zero-order valence-corrected chi connectivity index (χ0v) is 20.2. The minimum absolute atomic E-state index is 0.113. The molecule has 0 aliphatic heterocycles. The van der Waals surface area contributed by atoms with Crippen molar-refractivity contribution >= 4 is 12.3 Å². The molecule has 10 nitrogen and oxygen atoms in total. The van der Waals surface area contributed by atoms with Gasteiger partial charge in [-0.25, -0.2) is 9.59 Å². The van der Waals surface area contributed by atoms with E-state index in [1.807, 2.05) is 0 Å². The molecule has 0 radical (unpaired) electrons. The summed E-state index contributed by atoms with van der Waals surface area (Å²) in [5.41, 5.74) is 1.46. The lowest BCUT2D eigenvalue weighted by Gasteiger charge is -2.08. The summed E-state index contributed by atoms with van der Waals surface area (Å²) in [4.78, 5) is 23.2. The molecule has 2 aromatic rings. The molecule has 0 aliphatic rings. The number of rotatable bonds is 15. The van der Waals surface area contributed by atoms with Crippen LogP contribution in [0.15, 0.2) is 36.4 Å². The molecule has 10 heteroatoms. The van der Waals surface area contributed by atoms with Gasteiger partial charge in [-0.15, -0.1) is 0 Å². The molecule has 0 spiro atoms. The standard InChI is InChI=1S/C26H34O10/c27-21-9-7-19(17-23(21)29)11-15-35-25(31)33-13-5-3-1-2-4-6-14-34-26(32)36-16-12-20-8-10-22(28)24(30)18-20/h7-10,17-18,27-30H,1-6,11-16H2. The molecule has 198 valence electrons. The van der Waals surface area contributed by atoms with E-state index in [-0.39, 0.29) is 49.4 Å². The van der Waals surface area contributed by atoms with Gasteiger partial charge in [0.1, 0.15) is 0 Å². The average Bonchev–Trinajstić information content (AvgIpc) is 2.84. The second-order valence-electron chi connectivity index (χ2n) is 8.16. The SMILES string of the molecule is O=C(OCCCCCCCCOC(=O)OCCc1ccc(O)c(O)c1)OCCc1ccc(O)c(O)c1. The van der Waals surface area contributed by atoms with Crippen molar-refractivity contribution in [3.8, 4) is 23.0 Å². The smallest absolute Gasteiger partial charge is 0.504 e. The van der Waals surface area contributed by atoms with Crippen molar-refractivity contribution in [3.63, 3.8) is 0 Å². The molecular formula is C26H34O10. The van der Waals surface area contributed by atoms with Gasteiger partial charge in [-0.1, -0.05) is 37.8 Å².